The Balaban J connectivity index is 1.24. The summed E-state index contributed by atoms with van der Waals surface area (Å²) in [5.41, 5.74) is 2.66. The van der Waals surface area contributed by atoms with Gasteiger partial charge in [-0.3, -0.25) is 9.89 Å². The van der Waals surface area contributed by atoms with E-state index in [0.717, 1.165) is 43.7 Å². The van der Waals surface area contributed by atoms with Crippen molar-refractivity contribution in [3.8, 4) is 0 Å². The highest BCUT2D eigenvalue weighted by Gasteiger charge is 2.17. The van der Waals surface area contributed by atoms with Gasteiger partial charge in [0.2, 0.25) is 0 Å². The topological polar surface area (TPSA) is 70.4 Å². The van der Waals surface area contributed by atoms with E-state index < -0.39 is 0 Å². The van der Waals surface area contributed by atoms with E-state index in [1.165, 1.54) is 49.9 Å². The summed E-state index contributed by atoms with van der Waals surface area (Å²) >= 11 is 0. The highest BCUT2D eigenvalue weighted by atomic mass is 15.3. The largest absolute Gasteiger partial charge is 0.352 e. The Labute approximate surface area is 167 Å². The van der Waals surface area contributed by atoms with Gasteiger partial charge in [-0.2, -0.15) is 0 Å². The molecule has 0 saturated carbocycles. The fourth-order valence-corrected chi connectivity index (χ4v) is 4.05. The Morgan fingerprint density at radius 3 is 2.46 bits per heavy atom. The van der Waals surface area contributed by atoms with Crippen molar-refractivity contribution in [3.05, 3.63) is 47.0 Å². The van der Waals surface area contributed by atoms with Crippen LogP contribution in [0.4, 0.5) is 0 Å². The van der Waals surface area contributed by atoms with Crippen LogP contribution in [-0.4, -0.2) is 45.8 Å². The van der Waals surface area contributed by atoms with Crippen molar-refractivity contribution >= 4 is 5.96 Å². The number of aromatic nitrogens is 3. The number of nitrogens with one attached hydrogen (secondary N) is 2. The molecule has 0 bridgehead atoms. The number of guanidine groups is 1. The first-order valence-corrected chi connectivity index (χ1v) is 10.5. The smallest absolute Gasteiger partial charge is 0.191 e. The van der Waals surface area contributed by atoms with E-state index in [9.17, 15) is 0 Å². The number of aryl methyl sites for hydroxylation is 1. The van der Waals surface area contributed by atoms with Gasteiger partial charge in [0.05, 0.1) is 6.54 Å². The molecular formula is C21H31N7. The Morgan fingerprint density at radius 1 is 0.929 bits per heavy atom. The third kappa shape index (κ3) is 4.70. The number of fused-ring (bicyclic) bond motifs is 1. The number of benzene rings is 1. The standard InChI is InChI=1S/C21H31N7/c1-22-21(24-15-20-26-25-19-6-5-13-28(19)20)23-14-17-7-9-18(10-8-17)16-27-11-3-2-4-12-27/h7-10H,2-6,11-16H2,1H3,(H2,22,23,24). The monoisotopic (exact) mass is 381 g/mol. The molecule has 7 nitrogen and oxygen atoms in total. The van der Waals surface area contributed by atoms with E-state index >= 15 is 0 Å². The minimum Gasteiger partial charge on any atom is -0.352 e. The summed E-state index contributed by atoms with van der Waals surface area (Å²) < 4.78 is 2.21. The Morgan fingerprint density at radius 2 is 1.68 bits per heavy atom. The molecular weight excluding hydrogens is 350 g/mol. The van der Waals surface area contributed by atoms with Crippen LogP contribution in [0.2, 0.25) is 0 Å². The number of piperidine rings is 1. The molecule has 7 heteroatoms. The van der Waals surface area contributed by atoms with E-state index in [4.69, 9.17) is 0 Å². The predicted octanol–water partition coefficient (Wildman–Crippen LogP) is 2.08. The second kappa shape index (κ2) is 9.19. The lowest BCUT2D eigenvalue weighted by molar-refractivity contribution is 0.221. The Bertz CT molecular complexity index is 788. The van der Waals surface area contributed by atoms with Gasteiger partial charge in [0, 0.05) is 33.1 Å². The fraction of sp³-hybridized carbons (Fsp3) is 0.571. The molecule has 1 aromatic carbocycles. The summed E-state index contributed by atoms with van der Waals surface area (Å²) in [6, 6.07) is 8.93. The van der Waals surface area contributed by atoms with Crippen molar-refractivity contribution in [2.45, 2.75) is 58.3 Å². The summed E-state index contributed by atoms with van der Waals surface area (Å²) in [4.78, 5) is 6.88. The van der Waals surface area contributed by atoms with Crippen molar-refractivity contribution in [1.29, 1.82) is 0 Å². The number of hydrogen-bond donors (Lipinski definition) is 2. The molecule has 150 valence electrons. The van der Waals surface area contributed by atoms with E-state index in [-0.39, 0.29) is 0 Å². The summed E-state index contributed by atoms with van der Waals surface area (Å²) in [5, 5.41) is 15.3. The second-order valence-electron chi connectivity index (χ2n) is 7.72. The van der Waals surface area contributed by atoms with Gasteiger partial charge in [-0.15, -0.1) is 10.2 Å². The van der Waals surface area contributed by atoms with Crippen molar-refractivity contribution < 1.29 is 0 Å². The fourth-order valence-electron chi connectivity index (χ4n) is 4.05. The first-order valence-electron chi connectivity index (χ1n) is 10.5. The molecule has 2 N–H and O–H groups in total. The quantitative estimate of drug-likeness (QED) is 0.592. The molecule has 0 amide bonds. The Hall–Kier alpha value is -2.41. The first kappa shape index (κ1) is 18.9. The van der Waals surface area contributed by atoms with Gasteiger partial charge < -0.3 is 15.2 Å². The summed E-state index contributed by atoms with van der Waals surface area (Å²) in [6.45, 7) is 5.96. The second-order valence-corrected chi connectivity index (χ2v) is 7.72. The normalized spacial score (nSPS) is 17.5. The molecule has 2 aromatic rings. The lowest BCUT2D eigenvalue weighted by atomic mass is 10.1. The van der Waals surface area contributed by atoms with Crippen LogP contribution in [0.25, 0.3) is 0 Å². The number of rotatable bonds is 6. The summed E-state index contributed by atoms with van der Waals surface area (Å²) in [5.74, 6) is 2.87. The van der Waals surface area contributed by atoms with Gasteiger partial charge >= 0.3 is 0 Å². The maximum absolute atomic E-state index is 4.32. The average Bonchev–Trinajstić information content (AvgIpc) is 3.35. The van der Waals surface area contributed by atoms with E-state index in [0.29, 0.717) is 6.54 Å². The molecule has 28 heavy (non-hydrogen) atoms. The minimum absolute atomic E-state index is 0.640. The lowest BCUT2D eigenvalue weighted by Crippen LogP contribution is -2.37. The minimum atomic E-state index is 0.640. The van der Waals surface area contributed by atoms with Crippen LogP contribution in [0.3, 0.4) is 0 Å². The van der Waals surface area contributed by atoms with Crippen LogP contribution < -0.4 is 10.6 Å². The summed E-state index contributed by atoms with van der Waals surface area (Å²) in [7, 11) is 1.80. The Kier molecular flexibility index (Phi) is 6.21. The molecule has 2 aliphatic rings. The van der Waals surface area contributed by atoms with Crippen LogP contribution >= 0.6 is 0 Å². The van der Waals surface area contributed by atoms with Crippen LogP contribution in [0.15, 0.2) is 29.3 Å². The van der Waals surface area contributed by atoms with Crippen LogP contribution in [0, 0.1) is 0 Å². The van der Waals surface area contributed by atoms with Gasteiger partial charge in [-0.05, 0) is 43.5 Å². The zero-order valence-electron chi connectivity index (χ0n) is 16.8. The zero-order valence-corrected chi connectivity index (χ0v) is 16.8. The molecule has 1 saturated heterocycles. The maximum Gasteiger partial charge on any atom is 0.191 e. The van der Waals surface area contributed by atoms with E-state index in [2.05, 4.69) is 59.6 Å². The third-order valence-electron chi connectivity index (χ3n) is 5.66. The highest BCUT2D eigenvalue weighted by molar-refractivity contribution is 5.79. The van der Waals surface area contributed by atoms with Crippen LogP contribution in [-0.2, 0) is 32.6 Å². The SMILES string of the molecule is CN=C(NCc1ccc(CN2CCCCC2)cc1)NCc1nnc2n1CCC2. The maximum atomic E-state index is 4.32. The molecule has 0 radical (unpaired) electrons. The van der Waals surface area contributed by atoms with Gasteiger partial charge in [-0.25, -0.2) is 0 Å². The summed E-state index contributed by atoms with van der Waals surface area (Å²) in [6.07, 6.45) is 6.26. The number of hydrogen-bond acceptors (Lipinski definition) is 4. The number of likely N-dealkylation sites (tertiary alicyclic amines) is 1. The van der Waals surface area contributed by atoms with Gasteiger partial charge in [0.25, 0.3) is 0 Å². The van der Waals surface area contributed by atoms with Crippen molar-refractivity contribution in [3.63, 3.8) is 0 Å². The molecule has 3 heterocycles. The van der Waals surface area contributed by atoms with Crippen molar-refractivity contribution in [1.82, 2.24) is 30.3 Å². The highest BCUT2D eigenvalue weighted by Crippen LogP contribution is 2.14. The van der Waals surface area contributed by atoms with Gasteiger partial charge in [0.1, 0.15) is 5.82 Å². The van der Waals surface area contributed by atoms with Crippen LogP contribution in [0.5, 0.6) is 0 Å². The molecule has 0 aliphatic carbocycles. The van der Waals surface area contributed by atoms with Crippen molar-refractivity contribution in [2.24, 2.45) is 4.99 Å². The van der Waals surface area contributed by atoms with Gasteiger partial charge in [-0.1, -0.05) is 30.7 Å². The number of nitrogens with zero attached hydrogens (tertiary/aromatic N) is 5. The van der Waals surface area contributed by atoms with E-state index in [1.54, 1.807) is 7.05 Å². The molecule has 2 aliphatic heterocycles. The molecule has 1 aromatic heterocycles. The van der Waals surface area contributed by atoms with Crippen molar-refractivity contribution in [2.75, 3.05) is 20.1 Å². The molecule has 4 rings (SSSR count). The lowest BCUT2D eigenvalue weighted by Gasteiger charge is -2.26. The zero-order chi connectivity index (χ0) is 19.2. The molecule has 0 unspecified atom stereocenters. The molecule has 0 atom stereocenters. The van der Waals surface area contributed by atoms with Crippen LogP contribution in [0.1, 0.15) is 48.5 Å². The van der Waals surface area contributed by atoms with Gasteiger partial charge in [0.15, 0.2) is 11.8 Å². The molecule has 0 spiro atoms. The predicted molar refractivity (Wildman–Crippen MR) is 111 cm³/mol. The third-order valence-corrected chi connectivity index (χ3v) is 5.66. The molecule has 1 fully saturated rings. The average molecular weight is 382 g/mol. The van der Waals surface area contributed by atoms with E-state index in [1.807, 2.05) is 0 Å². The number of aliphatic imine (C=N–C) groups is 1. The first-order chi connectivity index (χ1) is 13.8.